The van der Waals surface area contributed by atoms with Gasteiger partial charge in [-0.1, -0.05) is 18.2 Å². The quantitative estimate of drug-likeness (QED) is 0.497. The van der Waals surface area contributed by atoms with Crippen LogP contribution in [0.1, 0.15) is 62.1 Å². The van der Waals surface area contributed by atoms with Crippen LogP contribution in [0.3, 0.4) is 0 Å². The van der Waals surface area contributed by atoms with Crippen molar-refractivity contribution in [2.24, 2.45) is 0 Å². The molecule has 0 heterocycles. The second-order valence-corrected chi connectivity index (χ2v) is 8.04. The van der Waals surface area contributed by atoms with E-state index in [-0.39, 0.29) is 35.5 Å². The van der Waals surface area contributed by atoms with Gasteiger partial charge in [0.25, 0.3) is 5.92 Å². The highest BCUT2D eigenvalue weighted by Gasteiger charge is 2.44. The van der Waals surface area contributed by atoms with Crippen LogP contribution < -0.4 is 4.74 Å². The van der Waals surface area contributed by atoms with Crippen molar-refractivity contribution in [3.63, 3.8) is 0 Å². The van der Waals surface area contributed by atoms with E-state index in [9.17, 15) is 4.39 Å². The summed E-state index contributed by atoms with van der Waals surface area (Å²) in [5, 5.41) is 0. The Morgan fingerprint density at radius 2 is 1.60 bits per heavy atom. The van der Waals surface area contributed by atoms with Gasteiger partial charge < -0.3 is 9.47 Å². The number of benzene rings is 2. The molecule has 2 aromatic carbocycles. The summed E-state index contributed by atoms with van der Waals surface area (Å²) in [7, 11) is 0. The predicted octanol–water partition coefficient (Wildman–Crippen LogP) is 6.74. The lowest BCUT2D eigenvalue weighted by molar-refractivity contribution is -0.00959. The second kappa shape index (κ2) is 8.22. The molecule has 0 radical (unpaired) electrons. The third kappa shape index (κ3) is 3.59. The first-order valence-electron chi connectivity index (χ1n) is 10.6. The van der Waals surface area contributed by atoms with Gasteiger partial charge in [-0.05, 0) is 68.2 Å². The summed E-state index contributed by atoms with van der Waals surface area (Å²) in [6, 6.07) is 6.09. The second-order valence-electron chi connectivity index (χ2n) is 8.04. The van der Waals surface area contributed by atoms with Crippen molar-refractivity contribution in [2.45, 2.75) is 63.9 Å². The molecule has 0 aliphatic heterocycles. The molecule has 2 aliphatic rings. The summed E-state index contributed by atoms with van der Waals surface area (Å²) in [4.78, 5) is 0. The number of ether oxygens (including phenoxy) is 2. The van der Waals surface area contributed by atoms with Crippen LogP contribution in [-0.4, -0.2) is 19.3 Å². The molecule has 162 valence electrons. The number of hydrogen-bond donors (Lipinski definition) is 0. The van der Waals surface area contributed by atoms with Crippen molar-refractivity contribution in [1.82, 2.24) is 0 Å². The van der Waals surface area contributed by atoms with E-state index in [0.29, 0.717) is 30.6 Å². The van der Waals surface area contributed by atoms with Crippen molar-refractivity contribution in [3.8, 4) is 16.9 Å². The summed E-state index contributed by atoms with van der Waals surface area (Å²) < 4.78 is 71.2. The molecule has 0 bridgehead atoms. The molecule has 2 nitrogen and oxygen atoms in total. The minimum Gasteiger partial charge on any atom is -0.491 e. The molecule has 0 atom stereocenters. The summed E-state index contributed by atoms with van der Waals surface area (Å²) in [5.41, 5.74) is -0.0288. The first-order chi connectivity index (χ1) is 14.4. The highest BCUT2D eigenvalue weighted by Crippen LogP contribution is 2.50. The Labute approximate surface area is 174 Å². The molecule has 1 fully saturated rings. The fourth-order valence-electron chi connectivity index (χ4n) is 4.87. The van der Waals surface area contributed by atoms with Gasteiger partial charge in [0.05, 0.1) is 18.3 Å². The highest BCUT2D eigenvalue weighted by molar-refractivity contribution is 5.76. The average molecular weight is 422 g/mol. The molecule has 2 aliphatic carbocycles. The van der Waals surface area contributed by atoms with Crippen molar-refractivity contribution in [2.75, 3.05) is 13.2 Å². The van der Waals surface area contributed by atoms with E-state index in [1.807, 2.05) is 6.92 Å². The Morgan fingerprint density at radius 3 is 2.27 bits per heavy atom. The number of rotatable bonds is 5. The third-order valence-corrected chi connectivity index (χ3v) is 6.25. The van der Waals surface area contributed by atoms with Crippen LogP contribution in [-0.2, 0) is 17.1 Å². The number of fused-ring (bicyclic) bond motifs is 3. The summed E-state index contributed by atoms with van der Waals surface area (Å²) in [6.07, 6.45) is 2.27. The fourth-order valence-corrected chi connectivity index (χ4v) is 4.87. The molecule has 0 N–H and O–H groups in total. The van der Waals surface area contributed by atoms with Crippen LogP contribution in [0.5, 0.6) is 5.75 Å². The van der Waals surface area contributed by atoms with Gasteiger partial charge in [0.2, 0.25) is 0 Å². The third-order valence-electron chi connectivity index (χ3n) is 6.25. The van der Waals surface area contributed by atoms with Gasteiger partial charge in [-0.2, -0.15) is 0 Å². The number of hydrogen-bond acceptors (Lipinski definition) is 2. The Balaban J connectivity index is 1.73. The average Bonchev–Trinajstić information content (AvgIpc) is 2.71. The summed E-state index contributed by atoms with van der Waals surface area (Å²) in [6.45, 7) is 4.50. The summed E-state index contributed by atoms with van der Waals surface area (Å²) >= 11 is 0. The standard InChI is InChI=1S/C24H26F4O2/c1-3-29-15-7-5-14(6-8-15)16-9-10-18-17-11-12-20(30-4-2)22(25)19(17)13-24(27,28)21(18)23(16)26/h9-12,14-15H,3-8,13H2,1-2H3. The van der Waals surface area contributed by atoms with Gasteiger partial charge in [-0.25, -0.2) is 17.6 Å². The van der Waals surface area contributed by atoms with E-state index >= 15 is 13.2 Å². The van der Waals surface area contributed by atoms with Gasteiger partial charge in [-0.3, -0.25) is 0 Å². The maximum absolute atomic E-state index is 15.4. The smallest absolute Gasteiger partial charge is 0.280 e. The molecule has 0 aromatic heterocycles. The molecule has 0 unspecified atom stereocenters. The molecule has 2 aromatic rings. The van der Waals surface area contributed by atoms with Crippen molar-refractivity contribution >= 4 is 0 Å². The molecule has 0 spiro atoms. The monoisotopic (exact) mass is 422 g/mol. The van der Waals surface area contributed by atoms with E-state index in [4.69, 9.17) is 9.47 Å². The van der Waals surface area contributed by atoms with Crippen molar-refractivity contribution in [3.05, 3.63) is 52.6 Å². The zero-order chi connectivity index (χ0) is 21.5. The molecular formula is C24H26F4O2. The Morgan fingerprint density at radius 1 is 0.900 bits per heavy atom. The zero-order valence-electron chi connectivity index (χ0n) is 17.2. The molecular weight excluding hydrogens is 396 g/mol. The summed E-state index contributed by atoms with van der Waals surface area (Å²) in [5.74, 6) is -5.30. The highest BCUT2D eigenvalue weighted by atomic mass is 19.3. The Bertz CT molecular complexity index is 933. The van der Waals surface area contributed by atoms with Crippen LogP contribution in [0, 0.1) is 11.6 Å². The minimum atomic E-state index is -3.49. The molecule has 1 saturated carbocycles. The zero-order valence-corrected chi connectivity index (χ0v) is 17.2. The van der Waals surface area contributed by atoms with Crippen LogP contribution >= 0.6 is 0 Å². The number of halogens is 4. The van der Waals surface area contributed by atoms with Crippen LogP contribution in [0.2, 0.25) is 0 Å². The maximum atomic E-state index is 15.4. The van der Waals surface area contributed by atoms with E-state index in [0.717, 1.165) is 12.8 Å². The maximum Gasteiger partial charge on any atom is 0.280 e. The predicted molar refractivity (Wildman–Crippen MR) is 107 cm³/mol. The van der Waals surface area contributed by atoms with E-state index in [1.54, 1.807) is 19.1 Å². The van der Waals surface area contributed by atoms with Crippen molar-refractivity contribution < 1.29 is 27.0 Å². The lowest BCUT2D eigenvalue weighted by atomic mass is 9.77. The van der Waals surface area contributed by atoms with Crippen LogP contribution in [0.15, 0.2) is 24.3 Å². The van der Waals surface area contributed by atoms with Gasteiger partial charge in [0.1, 0.15) is 5.82 Å². The van der Waals surface area contributed by atoms with Gasteiger partial charge in [-0.15, -0.1) is 0 Å². The first-order valence-corrected chi connectivity index (χ1v) is 10.6. The van der Waals surface area contributed by atoms with E-state index in [1.165, 1.54) is 12.1 Å². The van der Waals surface area contributed by atoms with Crippen LogP contribution in [0.4, 0.5) is 17.6 Å². The molecule has 0 saturated heterocycles. The molecule has 0 amide bonds. The fraction of sp³-hybridized carbons (Fsp3) is 0.500. The minimum absolute atomic E-state index is 0.0568. The van der Waals surface area contributed by atoms with E-state index < -0.39 is 29.5 Å². The Kier molecular flexibility index (Phi) is 5.80. The van der Waals surface area contributed by atoms with Gasteiger partial charge in [0, 0.05) is 18.6 Å². The van der Waals surface area contributed by atoms with Crippen molar-refractivity contribution in [1.29, 1.82) is 0 Å². The SMILES string of the molecule is CCOc1ccc2c(c1F)CC(F)(F)c1c-2ccc(C2CCC(OCC)CC2)c1F. The van der Waals surface area contributed by atoms with E-state index in [2.05, 4.69) is 0 Å². The normalized spacial score (nSPS) is 22.3. The molecule has 30 heavy (non-hydrogen) atoms. The molecule has 6 heteroatoms. The first kappa shape index (κ1) is 21.2. The Hall–Kier alpha value is -2.08. The topological polar surface area (TPSA) is 18.5 Å². The van der Waals surface area contributed by atoms with Gasteiger partial charge in [0.15, 0.2) is 11.6 Å². The largest absolute Gasteiger partial charge is 0.491 e. The molecule has 4 rings (SSSR count). The van der Waals surface area contributed by atoms with Crippen LogP contribution in [0.25, 0.3) is 11.1 Å². The lowest BCUT2D eigenvalue weighted by Gasteiger charge is -2.32. The number of alkyl halides is 2. The lowest BCUT2D eigenvalue weighted by Crippen LogP contribution is -2.27. The van der Waals surface area contributed by atoms with Gasteiger partial charge >= 0.3 is 0 Å².